The third-order valence-electron chi connectivity index (χ3n) is 2.91. The lowest BCUT2D eigenvalue weighted by Crippen LogP contribution is -2.43. The molecule has 2 aromatic rings. The maximum Gasteiger partial charge on any atom is 0.445 e. The highest BCUT2D eigenvalue weighted by atomic mass is 19.4. The molecule has 0 saturated carbocycles. The molecular formula is C14H10F3NO. The van der Waals surface area contributed by atoms with Crippen molar-refractivity contribution < 1.29 is 17.9 Å². The van der Waals surface area contributed by atoms with E-state index in [1.807, 2.05) is 0 Å². The predicted molar refractivity (Wildman–Crippen MR) is 65.5 cm³/mol. The van der Waals surface area contributed by atoms with Gasteiger partial charge in [-0.3, -0.25) is 4.90 Å². The highest BCUT2D eigenvalue weighted by molar-refractivity contribution is 5.72. The Morgan fingerprint density at radius 2 is 1.53 bits per heavy atom. The van der Waals surface area contributed by atoms with Gasteiger partial charge in [0.25, 0.3) is 6.23 Å². The lowest BCUT2D eigenvalue weighted by atomic mass is 10.2. The molecule has 1 aliphatic heterocycles. The predicted octanol–water partition coefficient (Wildman–Crippen LogP) is 4.11. The van der Waals surface area contributed by atoms with Crippen LogP contribution >= 0.6 is 0 Å². The highest BCUT2D eigenvalue weighted by Crippen LogP contribution is 2.46. The van der Waals surface area contributed by atoms with Gasteiger partial charge >= 0.3 is 6.18 Å². The SMILES string of the molecule is FC(F)(F)C1Oc2ccccc2N1c1ccccc1. The summed E-state index contributed by atoms with van der Waals surface area (Å²) in [6.45, 7) is 0. The maximum absolute atomic E-state index is 13.1. The molecule has 0 radical (unpaired) electrons. The molecule has 1 atom stereocenters. The average Bonchev–Trinajstić information content (AvgIpc) is 2.79. The third kappa shape index (κ3) is 2.01. The van der Waals surface area contributed by atoms with Gasteiger partial charge in [0.2, 0.25) is 0 Å². The number of fused-ring (bicyclic) bond motifs is 1. The van der Waals surface area contributed by atoms with Crippen molar-refractivity contribution >= 4 is 11.4 Å². The van der Waals surface area contributed by atoms with Crippen molar-refractivity contribution in [2.75, 3.05) is 4.90 Å². The second kappa shape index (κ2) is 4.19. The van der Waals surface area contributed by atoms with Crippen molar-refractivity contribution in [2.24, 2.45) is 0 Å². The normalized spacial score (nSPS) is 18.1. The molecule has 1 unspecified atom stereocenters. The van der Waals surface area contributed by atoms with Gasteiger partial charge < -0.3 is 4.74 Å². The molecule has 3 rings (SSSR count). The fourth-order valence-corrected chi connectivity index (χ4v) is 2.13. The quantitative estimate of drug-likeness (QED) is 0.769. The van der Waals surface area contributed by atoms with E-state index in [9.17, 15) is 13.2 Å². The van der Waals surface area contributed by atoms with Gasteiger partial charge in [-0.25, -0.2) is 0 Å². The first-order valence-electron chi connectivity index (χ1n) is 5.74. The van der Waals surface area contributed by atoms with Crippen molar-refractivity contribution in [2.45, 2.75) is 12.4 Å². The number of halogens is 3. The van der Waals surface area contributed by atoms with E-state index in [1.165, 1.54) is 6.07 Å². The largest absolute Gasteiger partial charge is 0.458 e. The summed E-state index contributed by atoms with van der Waals surface area (Å²) >= 11 is 0. The summed E-state index contributed by atoms with van der Waals surface area (Å²) in [7, 11) is 0. The molecule has 0 aliphatic carbocycles. The molecule has 0 saturated heterocycles. The maximum atomic E-state index is 13.1. The molecule has 2 nitrogen and oxygen atoms in total. The number of ether oxygens (including phenoxy) is 1. The molecule has 0 spiro atoms. The number of benzene rings is 2. The van der Waals surface area contributed by atoms with E-state index in [2.05, 4.69) is 0 Å². The van der Waals surface area contributed by atoms with Gasteiger partial charge in [-0.15, -0.1) is 0 Å². The van der Waals surface area contributed by atoms with Crippen molar-refractivity contribution in [1.29, 1.82) is 0 Å². The number of rotatable bonds is 1. The van der Waals surface area contributed by atoms with Crippen LogP contribution in [0.3, 0.4) is 0 Å². The second-order valence-electron chi connectivity index (χ2n) is 4.19. The Balaban J connectivity index is 2.11. The van der Waals surface area contributed by atoms with Crippen LogP contribution in [-0.4, -0.2) is 12.4 Å². The van der Waals surface area contributed by atoms with E-state index in [0.717, 1.165) is 4.90 Å². The van der Waals surface area contributed by atoms with Gasteiger partial charge in [0, 0.05) is 5.69 Å². The Labute approximate surface area is 108 Å². The number of hydrogen-bond donors (Lipinski definition) is 0. The van der Waals surface area contributed by atoms with Crippen molar-refractivity contribution in [1.82, 2.24) is 0 Å². The Bertz CT molecular complexity index is 583. The van der Waals surface area contributed by atoms with Crippen LogP contribution < -0.4 is 9.64 Å². The first-order valence-corrected chi connectivity index (χ1v) is 5.74. The number of alkyl halides is 3. The van der Waals surface area contributed by atoms with Crippen LogP contribution in [-0.2, 0) is 0 Å². The molecule has 0 amide bonds. The minimum Gasteiger partial charge on any atom is -0.458 e. The van der Waals surface area contributed by atoms with Crippen LogP contribution in [0, 0.1) is 0 Å². The third-order valence-corrected chi connectivity index (χ3v) is 2.91. The van der Waals surface area contributed by atoms with Crippen molar-refractivity contribution in [3.63, 3.8) is 0 Å². The van der Waals surface area contributed by atoms with Crippen LogP contribution in [0.25, 0.3) is 0 Å². The van der Waals surface area contributed by atoms with Gasteiger partial charge in [0.1, 0.15) is 5.75 Å². The number of para-hydroxylation sites is 3. The van der Waals surface area contributed by atoms with Crippen LogP contribution in [0.15, 0.2) is 54.6 Å². The van der Waals surface area contributed by atoms with Gasteiger partial charge in [0.05, 0.1) is 5.69 Å². The van der Waals surface area contributed by atoms with Gasteiger partial charge in [-0.05, 0) is 24.3 Å². The van der Waals surface area contributed by atoms with Gasteiger partial charge in [-0.2, -0.15) is 13.2 Å². The van der Waals surface area contributed by atoms with E-state index in [4.69, 9.17) is 4.74 Å². The zero-order valence-corrected chi connectivity index (χ0v) is 9.76. The van der Waals surface area contributed by atoms with Crippen LogP contribution in [0.1, 0.15) is 0 Å². The Morgan fingerprint density at radius 3 is 2.21 bits per heavy atom. The first-order chi connectivity index (χ1) is 9.07. The monoisotopic (exact) mass is 265 g/mol. The van der Waals surface area contributed by atoms with Gasteiger partial charge in [0.15, 0.2) is 0 Å². The van der Waals surface area contributed by atoms with Crippen LogP contribution in [0.2, 0.25) is 0 Å². The molecule has 1 heterocycles. The van der Waals surface area contributed by atoms with E-state index in [1.54, 1.807) is 48.5 Å². The molecule has 5 heteroatoms. The van der Waals surface area contributed by atoms with E-state index < -0.39 is 12.4 Å². The molecular weight excluding hydrogens is 255 g/mol. The van der Waals surface area contributed by atoms with E-state index >= 15 is 0 Å². The summed E-state index contributed by atoms with van der Waals surface area (Å²) in [5.74, 6) is 0.244. The summed E-state index contributed by atoms with van der Waals surface area (Å²) in [5, 5.41) is 0. The molecule has 0 aromatic heterocycles. The highest BCUT2D eigenvalue weighted by Gasteiger charge is 2.50. The number of anilines is 2. The zero-order chi connectivity index (χ0) is 13.5. The van der Waals surface area contributed by atoms with E-state index in [-0.39, 0.29) is 5.75 Å². The fourth-order valence-electron chi connectivity index (χ4n) is 2.13. The fraction of sp³-hybridized carbons (Fsp3) is 0.143. The van der Waals surface area contributed by atoms with Crippen molar-refractivity contribution in [3.8, 4) is 5.75 Å². The molecule has 19 heavy (non-hydrogen) atoms. The van der Waals surface area contributed by atoms with Gasteiger partial charge in [-0.1, -0.05) is 30.3 Å². The molecule has 0 bridgehead atoms. The Hall–Kier alpha value is -2.17. The summed E-state index contributed by atoms with van der Waals surface area (Å²) in [5.41, 5.74) is 0.880. The average molecular weight is 265 g/mol. The standard InChI is InChI=1S/C14H10F3NO/c15-14(16,17)13-18(10-6-2-1-3-7-10)11-8-4-5-9-12(11)19-13/h1-9,13H. The van der Waals surface area contributed by atoms with Crippen molar-refractivity contribution in [3.05, 3.63) is 54.6 Å². The second-order valence-corrected chi connectivity index (χ2v) is 4.19. The first kappa shape index (κ1) is 11.9. The molecule has 0 fully saturated rings. The smallest absolute Gasteiger partial charge is 0.445 e. The number of hydrogen-bond acceptors (Lipinski definition) is 2. The molecule has 1 aliphatic rings. The summed E-state index contributed by atoms with van der Waals surface area (Å²) in [6, 6.07) is 14.9. The lowest BCUT2D eigenvalue weighted by molar-refractivity contribution is -0.188. The summed E-state index contributed by atoms with van der Waals surface area (Å²) < 4.78 is 44.3. The topological polar surface area (TPSA) is 12.5 Å². The summed E-state index contributed by atoms with van der Waals surface area (Å²) in [6.07, 6.45) is -6.44. The van der Waals surface area contributed by atoms with Crippen LogP contribution in [0.5, 0.6) is 5.75 Å². The molecule has 0 N–H and O–H groups in total. The Morgan fingerprint density at radius 1 is 0.895 bits per heavy atom. The van der Waals surface area contributed by atoms with E-state index in [0.29, 0.717) is 11.4 Å². The lowest BCUT2D eigenvalue weighted by Gasteiger charge is -2.26. The summed E-state index contributed by atoms with van der Waals surface area (Å²) in [4.78, 5) is 1.16. The minimum absolute atomic E-state index is 0.244. The number of nitrogens with zero attached hydrogens (tertiary/aromatic N) is 1. The molecule has 2 aromatic carbocycles. The zero-order valence-electron chi connectivity index (χ0n) is 9.76. The molecule has 98 valence electrons. The minimum atomic E-state index is -4.46. The van der Waals surface area contributed by atoms with Crippen LogP contribution in [0.4, 0.5) is 24.5 Å². The Kier molecular flexibility index (Phi) is 2.62.